The van der Waals surface area contributed by atoms with E-state index >= 15 is 0 Å². The molecule has 1 amide bonds. The van der Waals surface area contributed by atoms with Crippen LogP contribution in [-0.2, 0) is 0 Å². The van der Waals surface area contributed by atoms with Crippen LogP contribution in [0, 0.1) is 19.7 Å². The molecule has 1 aromatic heterocycles. The molecule has 0 aliphatic rings. The minimum Gasteiger partial charge on any atom is -0.365 e. The Morgan fingerprint density at radius 3 is 2.47 bits per heavy atom. The maximum atomic E-state index is 13.8. The van der Waals surface area contributed by atoms with Crippen molar-refractivity contribution in [3.8, 4) is 5.69 Å². The van der Waals surface area contributed by atoms with Gasteiger partial charge in [-0.3, -0.25) is 14.2 Å². The van der Waals surface area contributed by atoms with Crippen molar-refractivity contribution in [3.05, 3.63) is 63.3 Å². The Bertz CT molecular complexity index is 720. The molecular weight excluding hydrogens is 247 g/mol. The number of hydrogen-bond acceptors (Lipinski definition) is 2. The van der Waals surface area contributed by atoms with Gasteiger partial charge in [0.05, 0.1) is 5.69 Å². The number of nitrogens with two attached hydrogens (primary N) is 1. The molecule has 1 heterocycles. The summed E-state index contributed by atoms with van der Waals surface area (Å²) in [4.78, 5) is 23.6. The van der Waals surface area contributed by atoms with Gasteiger partial charge in [-0.2, -0.15) is 0 Å². The summed E-state index contributed by atoms with van der Waals surface area (Å²) >= 11 is 0. The smallest absolute Gasteiger partial charge is 0.268 e. The number of para-hydroxylation sites is 1. The van der Waals surface area contributed by atoms with E-state index in [4.69, 9.17) is 5.73 Å². The molecule has 0 saturated heterocycles. The molecular formula is C14H13FN2O2. The second kappa shape index (κ2) is 4.68. The third kappa shape index (κ3) is 2.14. The molecule has 0 bridgehead atoms. The number of carbonyl (C=O) groups is 1. The zero-order chi connectivity index (χ0) is 14.2. The highest BCUT2D eigenvalue weighted by atomic mass is 19.1. The number of rotatable bonds is 2. The highest BCUT2D eigenvalue weighted by molar-refractivity contribution is 5.94. The van der Waals surface area contributed by atoms with E-state index in [0.29, 0.717) is 11.3 Å². The third-order valence-corrected chi connectivity index (χ3v) is 2.93. The molecule has 0 fully saturated rings. The predicted octanol–water partition coefficient (Wildman–Crippen LogP) is 1.69. The van der Waals surface area contributed by atoms with E-state index in [0.717, 1.165) is 4.57 Å². The zero-order valence-electron chi connectivity index (χ0n) is 10.6. The number of aromatic nitrogens is 1. The summed E-state index contributed by atoms with van der Waals surface area (Å²) in [5, 5.41) is 0. The first kappa shape index (κ1) is 13.0. The number of primary amides is 1. The second-order valence-corrected chi connectivity index (χ2v) is 4.30. The second-order valence-electron chi connectivity index (χ2n) is 4.30. The molecule has 0 aliphatic carbocycles. The minimum absolute atomic E-state index is 0.104. The third-order valence-electron chi connectivity index (χ3n) is 2.93. The molecule has 1 aromatic carbocycles. The molecule has 19 heavy (non-hydrogen) atoms. The van der Waals surface area contributed by atoms with Crippen LogP contribution in [0.15, 0.2) is 35.1 Å². The van der Waals surface area contributed by atoms with Crippen molar-refractivity contribution in [3.63, 3.8) is 0 Å². The summed E-state index contributed by atoms with van der Waals surface area (Å²) in [5.41, 5.74) is 5.62. The number of pyridine rings is 1. The van der Waals surface area contributed by atoms with Crippen LogP contribution in [0.2, 0.25) is 0 Å². The van der Waals surface area contributed by atoms with E-state index in [2.05, 4.69) is 0 Å². The Labute approximate surface area is 109 Å². The van der Waals surface area contributed by atoms with Gasteiger partial charge in [0.25, 0.3) is 11.5 Å². The molecule has 4 nitrogen and oxygen atoms in total. The van der Waals surface area contributed by atoms with Crippen molar-refractivity contribution in [1.29, 1.82) is 0 Å². The Kier molecular flexibility index (Phi) is 3.21. The van der Waals surface area contributed by atoms with Gasteiger partial charge in [-0.05, 0) is 37.6 Å². The first-order valence-electron chi connectivity index (χ1n) is 5.71. The van der Waals surface area contributed by atoms with Crippen LogP contribution in [0.5, 0.6) is 0 Å². The summed E-state index contributed by atoms with van der Waals surface area (Å²) in [6, 6.07) is 7.51. The lowest BCUT2D eigenvalue weighted by Crippen LogP contribution is -2.31. The SMILES string of the molecule is Cc1cc(C)n(-c2ccccc2F)c(=O)c1C(N)=O. The number of hydrogen-bond donors (Lipinski definition) is 1. The largest absolute Gasteiger partial charge is 0.365 e. The standard InChI is InChI=1S/C14H13FN2O2/c1-8-7-9(2)17(14(19)12(8)13(16)18)11-6-4-3-5-10(11)15/h3-7H,1-2H3,(H2,16,18). The van der Waals surface area contributed by atoms with Crippen molar-refractivity contribution < 1.29 is 9.18 Å². The van der Waals surface area contributed by atoms with Gasteiger partial charge < -0.3 is 5.73 Å². The van der Waals surface area contributed by atoms with Crippen LogP contribution < -0.4 is 11.3 Å². The van der Waals surface area contributed by atoms with Crippen molar-refractivity contribution in [2.75, 3.05) is 0 Å². The van der Waals surface area contributed by atoms with Crippen molar-refractivity contribution in [2.45, 2.75) is 13.8 Å². The quantitative estimate of drug-likeness (QED) is 0.893. The molecule has 5 heteroatoms. The van der Waals surface area contributed by atoms with Gasteiger partial charge in [0.1, 0.15) is 11.4 Å². The number of carbonyl (C=O) groups excluding carboxylic acids is 1. The van der Waals surface area contributed by atoms with Crippen LogP contribution in [0.4, 0.5) is 4.39 Å². The molecule has 0 atom stereocenters. The van der Waals surface area contributed by atoms with Gasteiger partial charge in [-0.25, -0.2) is 4.39 Å². The van der Waals surface area contributed by atoms with Crippen LogP contribution in [0.1, 0.15) is 21.6 Å². The first-order valence-corrected chi connectivity index (χ1v) is 5.71. The van der Waals surface area contributed by atoms with Crippen molar-refractivity contribution in [1.82, 2.24) is 4.57 Å². The van der Waals surface area contributed by atoms with Crippen molar-refractivity contribution >= 4 is 5.91 Å². The van der Waals surface area contributed by atoms with E-state index in [-0.39, 0.29) is 11.3 Å². The maximum absolute atomic E-state index is 13.8. The number of nitrogens with zero attached hydrogens (tertiary/aromatic N) is 1. The summed E-state index contributed by atoms with van der Waals surface area (Å²) in [6.07, 6.45) is 0. The average molecular weight is 260 g/mol. The molecule has 0 radical (unpaired) electrons. The fourth-order valence-electron chi connectivity index (χ4n) is 2.12. The number of aryl methyl sites for hydroxylation is 2. The molecule has 0 saturated carbocycles. The number of amides is 1. The number of halogens is 1. The molecule has 0 aliphatic heterocycles. The summed E-state index contributed by atoms with van der Waals surface area (Å²) in [5.74, 6) is -1.35. The molecule has 2 aromatic rings. The zero-order valence-corrected chi connectivity index (χ0v) is 10.6. The summed E-state index contributed by atoms with van der Waals surface area (Å²) < 4.78 is 14.9. The lowest BCUT2D eigenvalue weighted by Gasteiger charge is -2.13. The monoisotopic (exact) mass is 260 g/mol. The Morgan fingerprint density at radius 2 is 1.89 bits per heavy atom. The summed E-state index contributed by atoms with van der Waals surface area (Å²) in [7, 11) is 0. The van der Waals surface area contributed by atoms with Gasteiger partial charge in [0.2, 0.25) is 0 Å². The van der Waals surface area contributed by atoms with E-state index in [1.165, 1.54) is 18.2 Å². The lowest BCUT2D eigenvalue weighted by molar-refractivity contribution is 0.0998. The topological polar surface area (TPSA) is 65.1 Å². The van der Waals surface area contributed by atoms with Crippen LogP contribution in [0.25, 0.3) is 5.69 Å². The number of benzene rings is 1. The van der Waals surface area contributed by atoms with Crippen LogP contribution in [-0.4, -0.2) is 10.5 Å². The average Bonchev–Trinajstić information content (AvgIpc) is 2.30. The fraction of sp³-hybridized carbons (Fsp3) is 0.143. The van der Waals surface area contributed by atoms with Crippen LogP contribution in [0.3, 0.4) is 0 Å². The minimum atomic E-state index is -0.812. The fourth-order valence-corrected chi connectivity index (χ4v) is 2.12. The van der Waals surface area contributed by atoms with Gasteiger partial charge in [0, 0.05) is 5.69 Å². The van der Waals surface area contributed by atoms with E-state index in [9.17, 15) is 14.0 Å². The summed E-state index contributed by atoms with van der Waals surface area (Å²) in [6.45, 7) is 3.30. The van der Waals surface area contributed by atoms with E-state index in [1.807, 2.05) is 0 Å². The van der Waals surface area contributed by atoms with Gasteiger partial charge in [-0.1, -0.05) is 12.1 Å². The first-order chi connectivity index (χ1) is 8.93. The van der Waals surface area contributed by atoms with Gasteiger partial charge in [0.15, 0.2) is 0 Å². The molecule has 0 unspecified atom stereocenters. The molecule has 2 rings (SSSR count). The highest BCUT2D eigenvalue weighted by Crippen LogP contribution is 2.15. The van der Waals surface area contributed by atoms with Gasteiger partial charge in [-0.15, -0.1) is 0 Å². The highest BCUT2D eigenvalue weighted by Gasteiger charge is 2.17. The van der Waals surface area contributed by atoms with Crippen LogP contribution >= 0.6 is 0 Å². The lowest BCUT2D eigenvalue weighted by atomic mass is 10.1. The predicted molar refractivity (Wildman–Crippen MR) is 70.0 cm³/mol. The normalized spacial score (nSPS) is 10.5. The molecule has 2 N–H and O–H groups in total. The molecule has 98 valence electrons. The van der Waals surface area contributed by atoms with Gasteiger partial charge >= 0.3 is 0 Å². The Morgan fingerprint density at radius 1 is 1.26 bits per heavy atom. The Hall–Kier alpha value is -2.43. The van der Waals surface area contributed by atoms with E-state index < -0.39 is 17.3 Å². The molecule has 0 spiro atoms. The van der Waals surface area contributed by atoms with E-state index in [1.54, 1.807) is 26.0 Å². The Balaban J connectivity index is 2.86. The maximum Gasteiger partial charge on any atom is 0.268 e. The van der Waals surface area contributed by atoms with Crippen molar-refractivity contribution in [2.24, 2.45) is 5.73 Å².